The van der Waals surface area contributed by atoms with Gasteiger partial charge in [0.2, 0.25) is 0 Å². The average Bonchev–Trinajstić information content (AvgIpc) is 3.96. The average molecular weight is 742 g/mol. The van der Waals surface area contributed by atoms with Gasteiger partial charge in [0.05, 0.1) is 5.41 Å². The van der Waals surface area contributed by atoms with Crippen molar-refractivity contribution in [1.82, 2.24) is 0 Å². The van der Waals surface area contributed by atoms with E-state index in [2.05, 4.69) is 205 Å². The number of fused-ring (bicyclic) bond motifs is 9. The molecule has 58 heavy (non-hydrogen) atoms. The molecule has 2 aromatic heterocycles. The van der Waals surface area contributed by atoms with Gasteiger partial charge in [-0.1, -0.05) is 152 Å². The van der Waals surface area contributed by atoms with Gasteiger partial charge in [0.25, 0.3) is 0 Å². The molecule has 0 radical (unpaired) electrons. The van der Waals surface area contributed by atoms with Crippen molar-refractivity contribution >= 4 is 60.9 Å². The summed E-state index contributed by atoms with van der Waals surface area (Å²) in [5.74, 6) is 0. The summed E-state index contributed by atoms with van der Waals surface area (Å²) in [4.78, 5) is 2.36. The maximum atomic E-state index is 6.51. The van der Waals surface area contributed by atoms with Crippen LogP contribution in [0.2, 0.25) is 0 Å². The summed E-state index contributed by atoms with van der Waals surface area (Å²) in [5, 5.41) is 4.37. The van der Waals surface area contributed by atoms with Crippen molar-refractivity contribution in [3.63, 3.8) is 0 Å². The monoisotopic (exact) mass is 741 g/mol. The Kier molecular flexibility index (Phi) is 7.14. The molecule has 0 aliphatic heterocycles. The van der Waals surface area contributed by atoms with Crippen molar-refractivity contribution in [2.45, 2.75) is 5.41 Å². The number of furan rings is 2. The minimum Gasteiger partial charge on any atom is -0.456 e. The number of para-hydroxylation sites is 1. The number of nitrogens with zero attached hydrogens (tertiary/aromatic N) is 1. The molecule has 0 atom stereocenters. The zero-order valence-corrected chi connectivity index (χ0v) is 31.5. The molecule has 3 nitrogen and oxygen atoms in total. The van der Waals surface area contributed by atoms with Gasteiger partial charge in [0, 0.05) is 38.6 Å². The third-order valence-electron chi connectivity index (χ3n) is 12.2. The summed E-state index contributed by atoms with van der Waals surface area (Å²) in [6, 6.07) is 76.3. The molecule has 272 valence electrons. The first-order chi connectivity index (χ1) is 28.8. The minimum atomic E-state index is -0.477. The van der Waals surface area contributed by atoms with Crippen LogP contribution in [-0.4, -0.2) is 0 Å². The van der Waals surface area contributed by atoms with Crippen molar-refractivity contribution in [1.29, 1.82) is 0 Å². The zero-order chi connectivity index (χ0) is 38.2. The molecular weight excluding hydrogens is 707 g/mol. The number of hydrogen-bond acceptors (Lipinski definition) is 3. The van der Waals surface area contributed by atoms with Gasteiger partial charge in [-0.3, -0.25) is 0 Å². The van der Waals surface area contributed by atoms with Gasteiger partial charge in [-0.05, 0) is 105 Å². The van der Waals surface area contributed by atoms with Crippen molar-refractivity contribution in [2.75, 3.05) is 4.90 Å². The van der Waals surface area contributed by atoms with E-state index in [9.17, 15) is 0 Å². The third-order valence-corrected chi connectivity index (χ3v) is 12.2. The predicted octanol–water partition coefficient (Wildman–Crippen LogP) is 15.0. The lowest BCUT2D eigenvalue weighted by molar-refractivity contribution is 0.668. The molecule has 0 unspecified atom stereocenters. The predicted molar refractivity (Wildman–Crippen MR) is 238 cm³/mol. The summed E-state index contributed by atoms with van der Waals surface area (Å²) < 4.78 is 12.8. The number of anilines is 3. The molecule has 1 aliphatic carbocycles. The highest BCUT2D eigenvalue weighted by Gasteiger charge is 2.45. The minimum absolute atomic E-state index is 0.477. The van der Waals surface area contributed by atoms with E-state index in [1.807, 2.05) is 12.1 Å². The second-order valence-corrected chi connectivity index (χ2v) is 15.2. The molecule has 9 aromatic carbocycles. The number of benzene rings is 9. The van der Waals surface area contributed by atoms with Gasteiger partial charge >= 0.3 is 0 Å². The first-order valence-electron chi connectivity index (χ1n) is 19.8. The highest BCUT2D eigenvalue weighted by Crippen LogP contribution is 2.56. The van der Waals surface area contributed by atoms with E-state index in [1.165, 1.54) is 33.4 Å². The molecule has 0 saturated carbocycles. The highest BCUT2D eigenvalue weighted by atomic mass is 16.3. The van der Waals surface area contributed by atoms with E-state index in [-0.39, 0.29) is 0 Å². The van der Waals surface area contributed by atoms with Crippen LogP contribution in [0, 0.1) is 0 Å². The molecule has 3 heteroatoms. The van der Waals surface area contributed by atoms with Crippen LogP contribution in [0.25, 0.3) is 66.1 Å². The molecule has 0 saturated heterocycles. The summed E-state index contributed by atoms with van der Waals surface area (Å²) in [5.41, 5.74) is 16.1. The van der Waals surface area contributed by atoms with E-state index < -0.39 is 5.41 Å². The molecule has 0 amide bonds. The van der Waals surface area contributed by atoms with Gasteiger partial charge in [-0.25, -0.2) is 0 Å². The van der Waals surface area contributed by atoms with Crippen molar-refractivity contribution in [2.24, 2.45) is 0 Å². The van der Waals surface area contributed by atoms with Crippen LogP contribution in [0.1, 0.15) is 22.3 Å². The van der Waals surface area contributed by atoms with E-state index in [0.717, 1.165) is 72.1 Å². The van der Waals surface area contributed by atoms with Gasteiger partial charge in [0.15, 0.2) is 0 Å². The van der Waals surface area contributed by atoms with Gasteiger partial charge in [-0.15, -0.1) is 0 Å². The molecule has 11 aromatic rings. The molecule has 1 aliphatic rings. The van der Waals surface area contributed by atoms with Gasteiger partial charge in [0.1, 0.15) is 22.3 Å². The quantitative estimate of drug-likeness (QED) is 0.170. The van der Waals surface area contributed by atoms with Crippen LogP contribution in [0.4, 0.5) is 17.1 Å². The smallest absolute Gasteiger partial charge is 0.136 e. The van der Waals surface area contributed by atoms with E-state index in [0.29, 0.717) is 0 Å². The Labute approximate surface area is 335 Å². The summed E-state index contributed by atoms with van der Waals surface area (Å²) >= 11 is 0. The van der Waals surface area contributed by atoms with E-state index in [1.54, 1.807) is 0 Å². The Morgan fingerprint density at radius 2 is 0.828 bits per heavy atom. The van der Waals surface area contributed by atoms with Gasteiger partial charge < -0.3 is 13.7 Å². The molecule has 12 rings (SSSR count). The van der Waals surface area contributed by atoms with Crippen LogP contribution < -0.4 is 4.90 Å². The molecule has 0 bridgehead atoms. The fourth-order valence-electron chi connectivity index (χ4n) is 9.68. The second kappa shape index (κ2) is 12.7. The van der Waals surface area contributed by atoms with Crippen LogP contribution in [-0.2, 0) is 5.41 Å². The van der Waals surface area contributed by atoms with Gasteiger partial charge in [-0.2, -0.15) is 0 Å². The summed E-state index contributed by atoms with van der Waals surface area (Å²) in [7, 11) is 0. The second-order valence-electron chi connectivity index (χ2n) is 15.2. The van der Waals surface area contributed by atoms with E-state index in [4.69, 9.17) is 8.83 Å². The Morgan fingerprint density at radius 1 is 0.328 bits per heavy atom. The lowest BCUT2D eigenvalue weighted by atomic mass is 9.68. The first-order valence-corrected chi connectivity index (χ1v) is 19.8. The van der Waals surface area contributed by atoms with Crippen molar-refractivity contribution < 1.29 is 8.83 Å². The maximum absolute atomic E-state index is 6.51. The Bertz CT molecular complexity index is 3290. The van der Waals surface area contributed by atoms with Crippen LogP contribution in [0.3, 0.4) is 0 Å². The molecule has 0 N–H and O–H groups in total. The third kappa shape index (κ3) is 4.74. The summed E-state index contributed by atoms with van der Waals surface area (Å²) in [6.07, 6.45) is 0. The topological polar surface area (TPSA) is 29.5 Å². The number of hydrogen-bond donors (Lipinski definition) is 0. The van der Waals surface area contributed by atoms with Crippen LogP contribution in [0.5, 0.6) is 0 Å². The standard InChI is InChI=1S/C55H35NO2/c1-3-14-36(15-4-1)42-21-13-25-53-54(42)47-35-41(31-33-52(47)58-53)56(40-30-32-51-46(34-40)45-20-9-12-24-50(45)57-51)39-28-26-38(27-29-39)55(37-16-5-2-6-17-37)48-22-10-7-18-43(48)44-19-8-11-23-49(44)55/h1-35H. The Balaban J connectivity index is 1.08. The Hall–Kier alpha value is -7.62. The fraction of sp³-hybridized carbons (Fsp3) is 0.0182. The molecule has 2 heterocycles. The van der Waals surface area contributed by atoms with Crippen LogP contribution >= 0.6 is 0 Å². The van der Waals surface area contributed by atoms with Crippen molar-refractivity contribution in [3.05, 3.63) is 235 Å². The van der Waals surface area contributed by atoms with E-state index >= 15 is 0 Å². The Morgan fingerprint density at radius 3 is 1.55 bits per heavy atom. The summed E-state index contributed by atoms with van der Waals surface area (Å²) in [6.45, 7) is 0. The number of rotatable bonds is 6. The molecule has 0 spiro atoms. The normalized spacial score (nSPS) is 13.0. The van der Waals surface area contributed by atoms with Crippen LogP contribution in [0.15, 0.2) is 221 Å². The first kappa shape index (κ1) is 32.6. The maximum Gasteiger partial charge on any atom is 0.136 e. The zero-order valence-electron chi connectivity index (χ0n) is 31.5. The lowest BCUT2D eigenvalue weighted by Crippen LogP contribution is -2.28. The van der Waals surface area contributed by atoms with Crippen molar-refractivity contribution in [3.8, 4) is 22.3 Å². The lowest BCUT2D eigenvalue weighted by Gasteiger charge is -2.34. The molecule has 0 fully saturated rings. The largest absolute Gasteiger partial charge is 0.456 e. The SMILES string of the molecule is c1ccc(-c2cccc3oc4ccc(N(c5ccc(C6(c7ccccc7)c7ccccc7-c7ccccc76)cc5)c5ccc6oc7ccccc7c6c5)cc4c23)cc1. The molecular formula is C55H35NO2. The highest BCUT2D eigenvalue weighted by molar-refractivity contribution is 6.14. The fourth-order valence-corrected chi connectivity index (χ4v) is 9.68.